The highest BCUT2D eigenvalue weighted by Gasteiger charge is 2.09. The third-order valence-electron chi connectivity index (χ3n) is 2.08. The van der Waals surface area contributed by atoms with Crippen LogP contribution in [0.2, 0.25) is 0 Å². The molecule has 1 heterocycles. The summed E-state index contributed by atoms with van der Waals surface area (Å²) in [7, 11) is 0. The van der Waals surface area contributed by atoms with Crippen LogP contribution in [0.3, 0.4) is 0 Å². The van der Waals surface area contributed by atoms with Gasteiger partial charge in [0.05, 0.1) is 13.1 Å². The maximum atomic E-state index is 8.55. The van der Waals surface area contributed by atoms with E-state index in [4.69, 9.17) is 10.9 Å². The van der Waals surface area contributed by atoms with Crippen molar-refractivity contribution in [3.05, 3.63) is 16.1 Å². The van der Waals surface area contributed by atoms with Crippen LogP contribution in [-0.4, -0.2) is 34.0 Å². The van der Waals surface area contributed by atoms with Gasteiger partial charge in [-0.15, -0.1) is 11.3 Å². The summed E-state index contributed by atoms with van der Waals surface area (Å²) in [6.45, 7) is 6.22. The van der Waals surface area contributed by atoms with Gasteiger partial charge in [0.25, 0.3) is 0 Å². The van der Waals surface area contributed by atoms with Crippen molar-refractivity contribution in [3.63, 3.8) is 0 Å². The highest BCUT2D eigenvalue weighted by molar-refractivity contribution is 7.09. The predicted octanol–water partition coefficient (Wildman–Crippen LogP) is 1.41. The van der Waals surface area contributed by atoms with Crippen molar-refractivity contribution in [2.45, 2.75) is 26.8 Å². The summed E-state index contributed by atoms with van der Waals surface area (Å²) in [5.74, 6) is 0.238. The molecule has 0 unspecified atom stereocenters. The van der Waals surface area contributed by atoms with E-state index in [9.17, 15) is 0 Å². The minimum absolute atomic E-state index is 0.238. The van der Waals surface area contributed by atoms with E-state index in [0.717, 1.165) is 30.2 Å². The normalized spacial score (nSPS) is 12.3. The molecular formula is C10H18N4OS. The Morgan fingerprint density at radius 3 is 2.94 bits per heavy atom. The predicted molar refractivity (Wildman–Crippen MR) is 65.8 cm³/mol. The maximum absolute atomic E-state index is 8.55. The molecule has 0 atom stereocenters. The summed E-state index contributed by atoms with van der Waals surface area (Å²) in [6.07, 6.45) is 1.03. The van der Waals surface area contributed by atoms with Crippen LogP contribution in [-0.2, 0) is 6.54 Å². The number of nitrogens with two attached hydrogens (primary N) is 1. The van der Waals surface area contributed by atoms with E-state index in [2.05, 4.69) is 22.0 Å². The van der Waals surface area contributed by atoms with E-state index in [0.29, 0.717) is 6.54 Å². The largest absolute Gasteiger partial charge is 0.409 e. The number of nitrogens with zero attached hydrogens (tertiary/aromatic N) is 3. The molecule has 0 fully saturated rings. The molecule has 1 aromatic heterocycles. The molecule has 0 aliphatic rings. The van der Waals surface area contributed by atoms with E-state index in [1.54, 1.807) is 11.3 Å². The summed E-state index contributed by atoms with van der Waals surface area (Å²) < 4.78 is 0. The molecule has 90 valence electrons. The van der Waals surface area contributed by atoms with Gasteiger partial charge in [-0.3, -0.25) is 4.90 Å². The quantitative estimate of drug-likeness (QED) is 0.342. The van der Waals surface area contributed by atoms with Crippen molar-refractivity contribution in [2.24, 2.45) is 10.9 Å². The second-order valence-corrected chi connectivity index (χ2v) is 4.63. The van der Waals surface area contributed by atoms with Crippen LogP contribution < -0.4 is 5.73 Å². The molecule has 0 radical (unpaired) electrons. The second-order valence-electron chi connectivity index (χ2n) is 3.68. The molecule has 0 aromatic carbocycles. The zero-order chi connectivity index (χ0) is 12.0. The van der Waals surface area contributed by atoms with Crippen molar-refractivity contribution in [1.82, 2.24) is 9.88 Å². The van der Waals surface area contributed by atoms with Crippen molar-refractivity contribution in [3.8, 4) is 0 Å². The van der Waals surface area contributed by atoms with Crippen molar-refractivity contribution < 1.29 is 5.21 Å². The van der Waals surface area contributed by atoms with Crippen LogP contribution in [0.15, 0.2) is 10.5 Å². The average Bonchev–Trinajstić information content (AvgIpc) is 2.64. The second kappa shape index (κ2) is 6.44. The molecule has 0 saturated carbocycles. The highest BCUT2D eigenvalue weighted by Crippen LogP contribution is 2.11. The number of hydrogen-bond acceptors (Lipinski definition) is 5. The summed E-state index contributed by atoms with van der Waals surface area (Å²) in [4.78, 5) is 6.52. The number of amidine groups is 1. The molecule has 3 N–H and O–H groups in total. The lowest BCUT2D eigenvalue weighted by molar-refractivity contribution is 0.285. The van der Waals surface area contributed by atoms with Crippen LogP contribution >= 0.6 is 11.3 Å². The molecule has 0 bridgehead atoms. The Labute approximate surface area is 99.6 Å². The first kappa shape index (κ1) is 12.9. The molecular weight excluding hydrogens is 224 g/mol. The first-order valence-electron chi connectivity index (χ1n) is 5.25. The zero-order valence-electron chi connectivity index (χ0n) is 9.68. The summed E-state index contributed by atoms with van der Waals surface area (Å²) in [5.41, 5.74) is 6.55. The smallest absolute Gasteiger partial charge is 0.153 e. The van der Waals surface area contributed by atoms with Crippen molar-refractivity contribution >= 4 is 17.2 Å². The summed E-state index contributed by atoms with van der Waals surface area (Å²) in [5, 5.41) is 14.6. The Morgan fingerprint density at radius 1 is 1.69 bits per heavy atom. The molecule has 5 nitrogen and oxygen atoms in total. The molecule has 6 heteroatoms. The Hall–Kier alpha value is -1.14. The highest BCUT2D eigenvalue weighted by atomic mass is 32.1. The fourth-order valence-corrected chi connectivity index (χ4v) is 2.27. The molecule has 1 rings (SSSR count). The van der Waals surface area contributed by atoms with Crippen LogP contribution in [0.1, 0.15) is 24.0 Å². The van der Waals surface area contributed by atoms with Gasteiger partial charge in [0, 0.05) is 11.1 Å². The Morgan fingerprint density at radius 2 is 2.44 bits per heavy atom. The van der Waals surface area contributed by atoms with Gasteiger partial charge >= 0.3 is 0 Å². The molecule has 16 heavy (non-hydrogen) atoms. The van der Waals surface area contributed by atoms with E-state index in [-0.39, 0.29) is 5.84 Å². The number of rotatable bonds is 6. The lowest BCUT2D eigenvalue weighted by atomic mass is 10.4. The minimum Gasteiger partial charge on any atom is -0.409 e. The van der Waals surface area contributed by atoms with Gasteiger partial charge < -0.3 is 10.9 Å². The van der Waals surface area contributed by atoms with Gasteiger partial charge in [0.1, 0.15) is 5.01 Å². The summed E-state index contributed by atoms with van der Waals surface area (Å²) >= 11 is 1.64. The monoisotopic (exact) mass is 242 g/mol. The SMILES string of the molecule is CCCN(CC(N)=NO)Cc1nc(C)cs1. The van der Waals surface area contributed by atoms with Gasteiger partial charge in [-0.2, -0.15) is 0 Å². The number of thiazole rings is 1. The fraction of sp³-hybridized carbons (Fsp3) is 0.600. The standard InChI is InChI=1S/C10H18N4OS/c1-3-4-14(5-9(11)13-15)6-10-12-8(2)7-16-10/h7,15H,3-6H2,1-2H3,(H2,11,13). The van der Waals surface area contributed by atoms with E-state index in [1.165, 1.54) is 0 Å². The Kier molecular flexibility index (Phi) is 5.21. The van der Waals surface area contributed by atoms with E-state index < -0.39 is 0 Å². The zero-order valence-corrected chi connectivity index (χ0v) is 10.5. The Balaban J connectivity index is 2.57. The summed E-state index contributed by atoms with van der Waals surface area (Å²) in [6, 6.07) is 0. The first-order chi connectivity index (χ1) is 7.65. The first-order valence-corrected chi connectivity index (χ1v) is 6.13. The average molecular weight is 242 g/mol. The van der Waals surface area contributed by atoms with Crippen molar-refractivity contribution in [1.29, 1.82) is 0 Å². The molecule has 0 spiro atoms. The van der Waals surface area contributed by atoms with Crippen LogP contribution in [0.4, 0.5) is 0 Å². The third kappa shape index (κ3) is 4.16. The fourth-order valence-electron chi connectivity index (χ4n) is 1.46. The lowest BCUT2D eigenvalue weighted by Gasteiger charge is -2.19. The van der Waals surface area contributed by atoms with Gasteiger partial charge in [-0.1, -0.05) is 12.1 Å². The van der Waals surface area contributed by atoms with Crippen LogP contribution in [0, 0.1) is 6.92 Å². The maximum Gasteiger partial charge on any atom is 0.153 e. The van der Waals surface area contributed by atoms with Gasteiger partial charge in [0.15, 0.2) is 5.84 Å². The van der Waals surface area contributed by atoms with Crippen LogP contribution in [0.5, 0.6) is 0 Å². The molecule has 0 aliphatic carbocycles. The Bertz CT molecular complexity index is 350. The van der Waals surface area contributed by atoms with Gasteiger partial charge in [0.2, 0.25) is 0 Å². The van der Waals surface area contributed by atoms with Gasteiger partial charge in [-0.05, 0) is 19.9 Å². The van der Waals surface area contributed by atoms with E-state index >= 15 is 0 Å². The number of hydrogen-bond donors (Lipinski definition) is 2. The third-order valence-corrected chi connectivity index (χ3v) is 3.03. The van der Waals surface area contributed by atoms with Crippen LogP contribution in [0.25, 0.3) is 0 Å². The topological polar surface area (TPSA) is 74.7 Å². The molecule has 0 aliphatic heterocycles. The van der Waals surface area contributed by atoms with E-state index in [1.807, 2.05) is 12.3 Å². The molecule has 0 amide bonds. The molecule has 1 aromatic rings. The lowest BCUT2D eigenvalue weighted by Crippen LogP contribution is -2.34. The minimum atomic E-state index is 0.238. The number of oxime groups is 1. The number of aryl methyl sites for hydroxylation is 1. The molecule has 0 saturated heterocycles. The van der Waals surface area contributed by atoms with Crippen molar-refractivity contribution in [2.75, 3.05) is 13.1 Å². The van der Waals surface area contributed by atoms with Gasteiger partial charge in [-0.25, -0.2) is 4.98 Å². The number of aromatic nitrogens is 1.